The lowest BCUT2D eigenvalue weighted by molar-refractivity contribution is 0.415. The molecule has 1 N–H and O–H groups in total. The maximum Gasteiger partial charge on any atom is 0.301 e. The number of hydrogen-bond donors (Lipinski definition) is 1. The fraction of sp³-hybridized carbons (Fsp3) is 0.0769. The Kier molecular flexibility index (Phi) is 6.23. The summed E-state index contributed by atoms with van der Waals surface area (Å²) in [6.45, 7) is 0. The van der Waals surface area contributed by atoms with Gasteiger partial charge in [0, 0.05) is 22.6 Å². The number of ether oxygens (including phenoxy) is 2. The molecule has 0 saturated carbocycles. The molecule has 0 bridgehead atoms. The van der Waals surface area contributed by atoms with Crippen LogP contribution in [-0.2, 0) is 0 Å². The van der Waals surface area contributed by atoms with Crippen LogP contribution in [0, 0.1) is 0 Å². The highest BCUT2D eigenvalue weighted by atomic mass is 32.1. The van der Waals surface area contributed by atoms with E-state index in [1.807, 2.05) is 72.1 Å². The van der Waals surface area contributed by atoms with Crippen LogP contribution < -0.4 is 15.0 Å². The lowest BCUT2D eigenvalue weighted by Crippen LogP contribution is -2.13. The molecule has 0 atom stereocenters. The van der Waals surface area contributed by atoms with E-state index < -0.39 is 0 Å². The van der Waals surface area contributed by atoms with E-state index in [1.165, 1.54) is 16.0 Å². The predicted molar refractivity (Wildman–Crippen MR) is 137 cm³/mol. The average Bonchev–Trinajstić information content (AvgIpc) is 3.53. The third-order valence-electron chi connectivity index (χ3n) is 5.30. The van der Waals surface area contributed by atoms with Gasteiger partial charge in [0.2, 0.25) is 5.13 Å². The van der Waals surface area contributed by atoms with Gasteiger partial charge in [0.25, 0.3) is 0 Å². The molecule has 5 aromatic rings. The SMILES string of the molecule is COc1cccc(N=Nc2c(-c3ccccc3)[nH]n(-c3nc(-c4cccc(OC)c4)cs3)c2=O)c1. The van der Waals surface area contributed by atoms with Crippen LogP contribution in [0.15, 0.2) is 99.3 Å². The third kappa shape index (κ3) is 4.62. The highest BCUT2D eigenvalue weighted by Gasteiger charge is 2.19. The van der Waals surface area contributed by atoms with Crippen LogP contribution in [0.25, 0.3) is 27.6 Å². The van der Waals surface area contributed by atoms with Gasteiger partial charge in [0.1, 0.15) is 11.5 Å². The average molecular weight is 484 g/mol. The van der Waals surface area contributed by atoms with E-state index in [1.54, 1.807) is 26.4 Å². The summed E-state index contributed by atoms with van der Waals surface area (Å²) in [6.07, 6.45) is 0. The molecule has 0 aliphatic heterocycles. The Morgan fingerprint density at radius 2 is 1.57 bits per heavy atom. The number of azo groups is 1. The molecule has 9 heteroatoms. The van der Waals surface area contributed by atoms with E-state index in [-0.39, 0.29) is 11.2 Å². The lowest BCUT2D eigenvalue weighted by Gasteiger charge is -2.01. The van der Waals surface area contributed by atoms with E-state index in [0.29, 0.717) is 22.3 Å². The van der Waals surface area contributed by atoms with Crippen LogP contribution in [0.2, 0.25) is 0 Å². The highest BCUT2D eigenvalue weighted by Crippen LogP contribution is 2.31. The number of nitrogens with one attached hydrogen (secondary N) is 1. The first-order valence-corrected chi connectivity index (χ1v) is 11.6. The molecule has 0 aliphatic carbocycles. The van der Waals surface area contributed by atoms with Crippen molar-refractivity contribution < 1.29 is 9.47 Å². The number of aromatic nitrogens is 3. The topological polar surface area (TPSA) is 93.9 Å². The molecule has 8 nitrogen and oxygen atoms in total. The van der Waals surface area contributed by atoms with E-state index in [2.05, 4.69) is 20.3 Å². The van der Waals surface area contributed by atoms with Crippen LogP contribution in [0.4, 0.5) is 11.4 Å². The molecule has 0 amide bonds. The van der Waals surface area contributed by atoms with Gasteiger partial charge >= 0.3 is 5.56 Å². The molecule has 0 unspecified atom stereocenters. The fourth-order valence-corrected chi connectivity index (χ4v) is 4.32. The fourth-order valence-electron chi connectivity index (χ4n) is 3.52. The smallest absolute Gasteiger partial charge is 0.301 e. The van der Waals surface area contributed by atoms with Crippen molar-refractivity contribution in [2.24, 2.45) is 10.2 Å². The number of rotatable bonds is 7. The van der Waals surface area contributed by atoms with E-state index in [4.69, 9.17) is 9.47 Å². The quantitative estimate of drug-likeness (QED) is 0.272. The van der Waals surface area contributed by atoms with Crippen molar-refractivity contribution in [3.8, 4) is 39.1 Å². The van der Waals surface area contributed by atoms with Gasteiger partial charge in [0.05, 0.1) is 31.3 Å². The minimum absolute atomic E-state index is 0.192. The molecule has 0 fully saturated rings. The molecule has 3 aromatic carbocycles. The first-order chi connectivity index (χ1) is 17.2. The van der Waals surface area contributed by atoms with Gasteiger partial charge in [-0.2, -0.15) is 9.80 Å². The second-order valence-electron chi connectivity index (χ2n) is 7.49. The van der Waals surface area contributed by atoms with Gasteiger partial charge < -0.3 is 9.47 Å². The molecule has 0 radical (unpaired) electrons. The van der Waals surface area contributed by atoms with Crippen molar-refractivity contribution in [2.75, 3.05) is 14.2 Å². The normalized spacial score (nSPS) is 11.1. The van der Waals surface area contributed by atoms with Crippen LogP contribution in [0.1, 0.15) is 0 Å². The molecule has 174 valence electrons. The van der Waals surface area contributed by atoms with E-state index in [0.717, 1.165) is 22.6 Å². The Labute approximate surface area is 205 Å². The first kappa shape index (κ1) is 22.3. The van der Waals surface area contributed by atoms with Gasteiger partial charge in [0.15, 0.2) is 5.69 Å². The second kappa shape index (κ2) is 9.78. The van der Waals surface area contributed by atoms with Crippen molar-refractivity contribution in [2.45, 2.75) is 0 Å². The molecular formula is C26H21N5O3S. The Hall–Kier alpha value is -4.50. The number of H-pyrrole nitrogens is 1. The molecule has 5 rings (SSSR count). The number of benzene rings is 3. The van der Waals surface area contributed by atoms with Crippen LogP contribution in [0.5, 0.6) is 11.5 Å². The maximum atomic E-state index is 13.5. The summed E-state index contributed by atoms with van der Waals surface area (Å²) >= 11 is 1.35. The van der Waals surface area contributed by atoms with Gasteiger partial charge in [-0.05, 0) is 24.3 Å². The molecule has 0 saturated heterocycles. The summed E-state index contributed by atoms with van der Waals surface area (Å²) in [6, 6.07) is 24.3. The summed E-state index contributed by atoms with van der Waals surface area (Å²) in [5.74, 6) is 1.39. The third-order valence-corrected chi connectivity index (χ3v) is 6.12. The van der Waals surface area contributed by atoms with Crippen molar-refractivity contribution in [3.05, 3.63) is 94.6 Å². The van der Waals surface area contributed by atoms with Crippen molar-refractivity contribution >= 4 is 22.7 Å². The molecule has 2 heterocycles. The van der Waals surface area contributed by atoms with Crippen LogP contribution >= 0.6 is 11.3 Å². The predicted octanol–water partition coefficient (Wildman–Crippen LogP) is 6.39. The van der Waals surface area contributed by atoms with Gasteiger partial charge in [-0.1, -0.05) is 48.5 Å². The zero-order valence-electron chi connectivity index (χ0n) is 19.0. The Bertz CT molecular complexity index is 1550. The Morgan fingerprint density at radius 1 is 0.857 bits per heavy atom. The summed E-state index contributed by atoms with van der Waals surface area (Å²) in [4.78, 5) is 18.1. The number of aromatic amines is 1. The van der Waals surface area contributed by atoms with Gasteiger partial charge in [-0.3, -0.25) is 9.89 Å². The summed E-state index contributed by atoms with van der Waals surface area (Å²) in [7, 11) is 3.21. The standard InChI is InChI=1S/C26H21N5O3S/c1-33-20-12-6-10-18(14-20)22-16-35-26(27-22)31-25(32)24(23(30-31)17-8-4-3-5-9-17)29-28-19-11-7-13-21(15-19)34-2/h3-16,30H,1-2H3. The zero-order valence-corrected chi connectivity index (χ0v) is 19.8. The summed E-state index contributed by atoms with van der Waals surface area (Å²) < 4.78 is 12.0. The zero-order chi connectivity index (χ0) is 24.2. The number of nitrogens with zero attached hydrogens (tertiary/aromatic N) is 4. The summed E-state index contributed by atoms with van der Waals surface area (Å²) in [5.41, 5.74) is 3.43. The first-order valence-electron chi connectivity index (χ1n) is 10.7. The van der Waals surface area contributed by atoms with Crippen LogP contribution in [0.3, 0.4) is 0 Å². The Balaban J connectivity index is 1.58. The van der Waals surface area contributed by atoms with Crippen LogP contribution in [-0.4, -0.2) is 29.0 Å². The van der Waals surface area contributed by atoms with Crippen molar-refractivity contribution in [1.82, 2.24) is 14.8 Å². The largest absolute Gasteiger partial charge is 0.497 e. The molecule has 0 spiro atoms. The Morgan fingerprint density at radius 3 is 2.34 bits per heavy atom. The molecule has 0 aliphatic rings. The maximum absolute atomic E-state index is 13.5. The molecular weight excluding hydrogens is 462 g/mol. The van der Waals surface area contributed by atoms with E-state index in [9.17, 15) is 4.79 Å². The summed E-state index contributed by atoms with van der Waals surface area (Å²) in [5, 5.41) is 14.2. The van der Waals surface area contributed by atoms with Gasteiger partial charge in [-0.15, -0.1) is 16.5 Å². The van der Waals surface area contributed by atoms with Gasteiger partial charge in [-0.25, -0.2) is 4.98 Å². The van der Waals surface area contributed by atoms with Crippen molar-refractivity contribution in [3.63, 3.8) is 0 Å². The minimum Gasteiger partial charge on any atom is -0.497 e. The highest BCUT2D eigenvalue weighted by molar-refractivity contribution is 7.12. The minimum atomic E-state index is -0.345. The van der Waals surface area contributed by atoms with Crippen molar-refractivity contribution in [1.29, 1.82) is 0 Å². The number of thiazole rings is 1. The number of hydrogen-bond acceptors (Lipinski definition) is 7. The van der Waals surface area contributed by atoms with E-state index >= 15 is 0 Å². The molecule has 35 heavy (non-hydrogen) atoms. The second-order valence-corrected chi connectivity index (χ2v) is 8.33. The lowest BCUT2D eigenvalue weighted by atomic mass is 10.1. The number of methoxy groups -OCH3 is 2. The monoisotopic (exact) mass is 483 g/mol. The molecule has 2 aromatic heterocycles.